The van der Waals surface area contributed by atoms with Crippen molar-refractivity contribution in [3.63, 3.8) is 0 Å². The van der Waals surface area contributed by atoms with Gasteiger partial charge in [-0.3, -0.25) is 0 Å². The maximum atomic E-state index is 6.07. The molecular weight excluding hydrogens is 290 g/mol. The molecule has 0 aliphatic rings. The molecule has 0 atom stereocenters. The molecule has 0 aromatic carbocycles. The Morgan fingerprint density at radius 2 is 1.78 bits per heavy atom. The molecule has 2 aromatic rings. The summed E-state index contributed by atoms with van der Waals surface area (Å²) >= 11 is 8.96. The molecule has 0 fully saturated rings. The maximum absolute atomic E-state index is 6.07. The van der Waals surface area contributed by atoms with Crippen LogP contribution in [0.2, 0.25) is 5.15 Å². The minimum Gasteiger partial charge on any atom is -0.353 e. The SMILES string of the molecule is Cc1nc(Cl)c(Sc2nnc(N(C)C)s2)nc1C. The summed E-state index contributed by atoms with van der Waals surface area (Å²) in [6.07, 6.45) is 0. The standard InChI is InChI=1S/C10H12ClN5S2/c1-5-6(2)13-8(7(11)12-5)17-10-15-14-9(18-10)16(3)4/h1-4H3. The van der Waals surface area contributed by atoms with Gasteiger partial charge in [-0.15, -0.1) is 10.2 Å². The van der Waals surface area contributed by atoms with Crippen LogP contribution in [-0.2, 0) is 0 Å². The average Bonchev–Trinajstić information content (AvgIpc) is 2.74. The zero-order valence-electron chi connectivity index (χ0n) is 10.4. The fraction of sp³-hybridized carbons (Fsp3) is 0.400. The quantitative estimate of drug-likeness (QED) is 0.869. The van der Waals surface area contributed by atoms with Crippen molar-refractivity contribution in [2.75, 3.05) is 19.0 Å². The topological polar surface area (TPSA) is 54.8 Å². The molecule has 2 heterocycles. The zero-order chi connectivity index (χ0) is 13.3. The first-order chi connectivity index (χ1) is 8.47. The second kappa shape index (κ2) is 5.38. The molecule has 0 saturated heterocycles. The molecule has 0 bridgehead atoms. The van der Waals surface area contributed by atoms with E-state index in [1.165, 1.54) is 23.1 Å². The van der Waals surface area contributed by atoms with E-state index >= 15 is 0 Å². The third kappa shape index (κ3) is 2.90. The lowest BCUT2D eigenvalue weighted by molar-refractivity contribution is 0.946. The first-order valence-electron chi connectivity index (χ1n) is 5.17. The molecule has 0 unspecified atom stereocenters. The molecule has 0 aliphatic heterocycles. The third-order valence-corrected chi connectivity index (χ3v) is 4.69. The van der Waals surface area contributed by atoms with Gasteiger partial charge in [0.1, 0.15) is 5.03 Å². The van der Waals surface area contributed by atoms with Crippen molar-refractivity contribution in [2.45, 2.75) is 23.2 Å². The van der Waals surface area contributed by atoms with E-state index in [0.29, 0.717) is 10.2 Å². The lowest BCUT2D eigenvalue weighted by atomic mass is 10.4. The summed E-state index contributed by atoms with van der Waals surface area (Å²) in [5.41, 5.74) is 1.72. The maximum Gasteiger partial charge on any atom is 0.208 e. The highest BCUT2D eigenvalue weighted by atomic mass is 35.5. The van der Waals surface area contributed by atoms with Gasteiger partial charge < -0.3 is 4.90 Å². The van der Waals surface area contributed by atoms with Crippen LogP contribution in [-0.4, -0.2) is 34.3 Å². The number of aromatic nitrogens is 4. The minimum absolute atomic E-state index is 0.407. The molecule has 0 radical (unpaired) electrons. The molecule has 8 heteroatoms. The number of hydrogen-bond donors (Lipinski definition) is 0. The van der Waals surface area contributed by atoms with Gasteiger partial charge in [-0.1, -0.05) is 22.9 Å². The van der Waals surface area contributed by atoms with E-state index in [-0.39, 0.29) is 0 Å². The van der Waals surface area contributed by atoms with Crippen LogP contribution in [0.3, 0.4) is 0 Å². The van der Waals surface area contributed by atoms with E-state index in [1.54, 1.807) is 0 Å². The average molecular weight is 302 g/mol. The molecule has 0 amide bonds. The number of hydrogen-bond acceptors (Lipinski definition) is 7. The second-order valence-corrected chi connectivity index (χ2v) is 6.39. The fourth-order valence-electron chi connectivity index (χ4n) is 1.13. The summed E-state index contributed by atoms with van der Waals surface area (Å²) in [4.78, 5) is 10.6. The highest BCUT2D eigenvalue weighted by Crippen LogP contribution is 2.34. The molecule has 0 N–H and O–H groups in total. The smallest absolute Gasteiger partial charge is 0.208 e. The van der Waals surface area contributed by atoms with Crippen LogP contribution < -0.4 is 4.90 Å². The van der Waals surface area contributed by atoms with Gasteiger partial charge in [0.05, 0.1) is 11.4 Å². The van der Waals surface area contributed by atoms with Crippen molar-refractivity contribution in [3.8, 4) is 0 Å². The normalized spacial score (nSPS) is 10.7. The van der Waals surface area contributed by atoms with Crippen molar-refractivity contribution in [3.05, 3.63) is 16.5 Å². The van der Waals surface area contributed by atoms with Crippen LogP contribution in [0.15, 0.2) is 9.37 Å². The summed E-state index contributed by atoms with van der Waals surface area (Å²) in [5.74, 6) is 0. The van der Waals surface area contributed by atoms with Crippen LogP contribution in [0.5, 0.6) is 0 Å². The van der Waals surface area contributed by atoms with E-state index in [0.717, 1.165) is 20.9 Å². The van der Waals surface area contributed by atoms with Crippen molar-refractivity contribution in [1.82, 2.24) is 20.2 Å². The van der Waals surface area contributed by atoms with Crippen LogP contribution in [0.25, 0.3) is 0 Å². The molecule has 2 aromatic heterocycles. The molecule has 96 valence electrons. The minimum atomic E-state index is 0.407. The van der Waals surface area contributed by atoms with Crippen molar-refractivity contribution in [2.24, 2.45) is 0 Å². The Kier molecular flexibility index (Phi) is 4.04. The number of aryl methyl sites for hydroxylation is 2. The largest absolute Gasteiger partial charge is 0.353 e. The lowest BCUT2D eigenvalue weighted by Crippen LogP contribution is -2.07. The van der Waals surface area contributed by atoms with Gasteiger partial charge >= 0.3 is 0 Å². The van der Waals surface area contributed by atoms with Crippen molar-refractivity contribution < 1.29 is 0 Å². The highest BCUT2D eigenvalue weighted by molar-refractivity contribution is 8.01. The van der Waals surface area contributed by atoms with Gasteiger partial charge in [-0.05, 0) is 25.6 Å². The Balaban J connectivity index is 2.25. The number of rotatable bonds is 3. The Labute approximate surface area is 119 Å². The fourth-order valence-corrected chi connectivity index (χ4v) is 3.10. The van der Waals surface area contributed by atoms with Crippen LogP contribution >= 0.6 is 34.7 Å². The lowest BCUT2D eigenvalue weighted by Gasteiger charge is -2.04. The van der Waals surface area contributed by atoms with Crippen LogP contribution in [0, 0.1) is 13.8 Å². The number of halogens is 1. The molecule has 0 saturated carbocycles. The first kappa shape index (κ1) is 13.5. The van der Waals surface area contributed by atoms with E-state index in [4.69, 9.17) is 11.6 Å². The first-order valence-corrected chi connectivity index (χ1v) is 7.18. The molecular formula is C10H12ClN5S2. The summed E-state index contributed by atoms with van der Waals surface area (Å²) in [5, 5.41) is 10.1. The van der Waals surface area contributed by atoms with Gasteiger partial charge in [-0.2, -0.15) is 0 Å². The van der Waals surface area contributed by atoms with E-state index < -0.39 is 0 Å². The van der Waals surface area contributed by atoms with Gasteiger partial charge in [-0.25, -0.2) is 9.97 Å². The predicted octanol–water partition coefficient (Wildman–Crippen LogP) is 2.82. The summed E-state index contributed by atoms with van der Waals surface area (Å²) < 4.78 is 0.804. The molecule has 5 nitrogen and oxygen atoms in total. The van der Waals surface area contributed by atoms with Crippen LogP contribution in [0.4, 0.5) is 5.13 Å². The summed E-state index contributed by atoms with van der Waals surface area (Å²) in [6.45, 7) is 3.80. The van der Waals surface area contributed by atoms with Gasteiger partial charge in [0.25, 0.3) is 0 Å². The number of nitrogens with zero attached hydrogens (tertiary/aromatic N) is 5. The molecule has 2 rings (SSSR count). The Hall–Kier alpha value is -0.920. The van der Waals surface area contributed by atoms with Gasteiger partial charge in [0, 0.05) is 14.1 Å². The van der Waals surface area contributed by atoms with Gasteiger partial charge in [0.2, 0.25) is 5.13 Å². The Morgan fingerprint density at radius 1 is 1.11 bits per heavy atom. The molecule has 0 aliphatic carbocycles. The third-order valence-electron chi connectivity index (χ3n) is 2.20. The summed E-state index contributed by atoms with van der Waals surface area (Å²) in [7, 11) is 3.86. The number of anilines is 1. The Morgan fingerprint density at radius 3 is 2.39 bits per heavy atom. The molecule has 18 heavy (non-hydrogen) atoms. The highest BCUT2D eigenvalue weighted by Gasteiger charge is 2.13. The van der Waals surface area contributed by atoms with E-state index in [2.05, 4.69) is 20.2 Å². The summed E-state index contributed by atoms with van der Waals surface area (Å²) in [6, 6.07) is 0. The van der Waals surface area contributed by atoms with E-state index in [9.17, 15) is 0 Å². The van der Waals surface area contributed by atoms with Crippen molar-refractivity contribution in [1.29, 1.82) is 0 Å². The Bertz CT molecular complexity index is 569. The monoisotopic (exact) mass is 301 g/mol. The van der Waals surface area contributed by atoms with Gasteiger partial charge in [0.15, 0.2) is 9.49 Å². The van der Waals surface area contributed by atoms with Crippen molar-refractivity contribution >= 4 is 39.8 Å². The van der Waals surface area contributed by atoms with Crippen LogP contribution in [0.1, 0.15) is 11.4 Å². The second-order valence-electron chi connectivity index (χ2n) is 3.84. The molecule has 0 spiro atoms. The zero-order valence-corrected chi connectivity index (χ0v) is 12.8. The van der Waals surface area contributed by atoms with E-state index in [1.807, 2.05) is 32.8 Å². The predicted molar refractivity (Wildman–Crippen MR) is 74.9 cm³/mol.